The second-order valence-corrected chi connectivity index (χ2v) is 17.7. The van der Waals surface area contributed by atoms with Gasteiger partial charge in [-0.25, -0.2) is 18.7 Å². The minimum Gasteiger partial charge on any atom is -0.399 e. The predicted octanol–water partition coefficient (Wildman–Crippen LogP) is 8.92. The van der Waals surface area contributed by atoms with Crippen molar-refractivity contribution in [3.05, 3.63) is 113 Å². The molecule has 0 unspecified atom stereocenters. The lowest BCUT2D eigenvalue weighted by molar-refractivity contribution is 0.0122. The van der Waals surface area contributed by atoms with Gasteiger partial charge in [-0.05, 0) is 118 Å². The van der Waals surface area contributed by atoms with E-state index >= 15 is 0 Å². The van der Waals surface area contributed by atoms with Gasteiger partial charge >= 0.3 is 0 Å². The van der Waals surface area contributed by atoms with Gasteiger partial charge in [0.05, 0.1) is 51.4 Å². The highest BCUT2D eigenvalue weighted by Gasteiger charge is 2.37. The van der Waals surface area contributed by atoms with Crippen molar-refractivity contribution in [3.63, 3.8) is 0 Å². The first-order chi connectivity index (χ1) is 31.3. The first-order valence-corrected chi connectivity index (χ1v) is 23.3. The molecule has 65 heavy (non-hydrogen) atoms. The summed E-state index contributed by atoms with van der Waals surface area (Å²) in [7, 11) is 0. The van der Waals surface area contributed by atoms with Crippen LogP contribution in [0.3, 0.4) is 0 Å². The van der Waals surface area contributed by atoms with Crippen molar-refractivity contribution in [1.82, 2.24) is 48.9 Å². The van der Waals surface area contributed by atoms with Crippen molar-refractivity contribution in [2.24, 2.45) is 5.73 Å². The summed E-state index contributed by atoms with van der Waals surface area (Å²) in [6, 6.07) is 12.8. The van der Waals surface area contributed by atoms with Crippen LogP contribution in [-0.2, 0) is 45.4 Å². The SMILES string of the molecule is C=C(N)c1cc2c3c(c1)nc(NCCc1cc(C)nn1CC)n3C/C=C/Cn1c(NC(=C)c3cc(C)nn3CC)nc3cc(C(=C)NCCCN4CCC(F)(F)C4)cc(c31)CCCCC2. The van der Waals surface area contributed by atoms with Gasteiger partial charge in [0.25, 0.3) is 5.92 Å². The number of aromatic nitrogens is 8. The number of alkyl halides is 2. The lowest BCUT2D eigenvalue weighted by Crippen LogP contribution is -2.28. The Kier molecular flexibility index (Phi) is 13.6. The van der Waals surface area contributed by atoms with Gasteiger partial charge in [-0.15, -0.1) is 0 Å². The topological polar surface area (TPSA) is 137 Å². The van der Waals surface area contributed by atoms with Gasteiger partial charge in [0, 0.05) is 82.3 Å². The number of allylic oxidation sites excluding steroid dienone is 2. The van der Waals surface area contributed by atoms with Gasteiger partial charge in [-0.2, -0.15) is 10.2 Å². The van der Waals surface area contributed by atoms with E-state index in [2.05, 4.69) is 116 Å². The molecular formula is C50H65F2N13. The standard InChI is InChI=1S/C50H65F2N13/c1-8-64-42(26-33(3)59-64)18-21-55-48-57-43-30-40(35(5)53)28-38-16-11-10-12-17-39-29-41(36(6)54-20-15-22-61-25-19-50(51,52)32-61)31-44-47(39)63(24-14-13-23-62(48)46(38)43)49(58-44)56-37(7)45-27-34(4)60-65(45)9-2/h13-14,26-31,54H,5-12,15-25,32,53H2,1-4H3,(H,55,57)(H,56,58)/b14-13+. The van der Waals surface area contributed by atoms with E-state index < -0.39 is 5.92 Å². The van der Waals surface area contributed by atoms with Gasteiger partial charge in [0.1, 0.15) is 0 Å². The number of benzene rings is 2. The van der Waals surface area contributed by atoms with E-state index in [0.717, 1.165) is 113 Å². The van der Waals surface area contributed by atoms with Crippen LogP contribution in [0.1, 0.15) is 91.0 Å². The lowest BCUT2D eigenvalue weighted by atomic mass is 9.98. The Morgan fingerprint density at radius 3 is 2.06 bits per heavy atom. The number of hydrogen-bond donors (Lipinski definition) is 4. The molecule has 6 aromatic rings. The molecule has 0 bridgehead atoms. The molecule has 0 radical (unpaired) electrons. The molecular weight excluding hydrogens is 821 g/mol. The van der Waals surface area contributed by atoms with Crippen molar-refractivity contribution in [3.8, 4) is 0 Å². The third-order valence-electron chi connectivity index (χ3n) is 12.7. The first kappa shape index (κ1) is 45.4. The molecule has 1 saturated heterocycles. The Hall–Kier alpha value is -6.22. The fourth-order valence-electron chi connectivity index (χ4n) is 9.45. The molecule has 344 valence electrons. The van der Waals surface area contributed by atoms with Gasteiger partial charge in [0.15, 0.2) is 0 Å². The molecule has 4 aromatic heterocycles. The Balaban J connectivity index is 1.12. The Morgan fingerprint density at radius 1 is 0.769 bits per heavy atom. The van der Waals surface area contributed by atoms with E-state index in [-0.39, 0.29) is 13.0 Å². The van der Waals surface area contributed by atoms with E-state index in [1.807, 2.05) is 29.5 Å². The highest BCUT2D eigenvalue weighted by Crippen LogP contribution is 2.33. The van der Waals surface area contributed by atoms with Crippen LogP contribution in [0, 0.1) is 13.8 Å². The van der Waals surface area contributed by atoms with Crippen LogP contribution in [0.5, 0.6) is 0 Å². The second-order valence-electron chi connectivity index (χ2n) is 17.7. The maximum absolute atomic E-state index is 13.8. The number of anilines is 2. The molecule has 0 amide bonds. The summed E-state index contributed by atoms with van der Waals surface area (Å²) in [5, 5.41) is 20.1. The van der Waals surface area contributed by atoms with Gasteiger partial charge in [0.2, 0.25) is 11.9 Å². The summed E-state index contributed by atoms with van der Waals surface area (Å²) in [6.45, 7) is 26.1. The maximum atomic E-state index is 13.8. The van der Waals surface area contributed by atoms with Crippen molar-refractivity contribution in [1.29, 1.82) is 0 Å². The monoisotopic (exact) mass is 886 g/mol. The van der Waals surface area contributed by atoms with E-state index in [1.165, 1.54) is 16.8 Å². The molecule has 2 aliphatic heterocycles. The van der Waals surface area contributed by atoms with E-state index in [1.54, 1.807) is 0 Å². The van der Waals surface area contributed by atoms with E-state index in [4.69, 9.17) is 15.7 Å². The molecule has 13 nitrogen and oxygen atoms in total. The second kappa shape index (κ2) is 19.5. The number of nitrogens with zero attached hydrogens (tertiary/aromatic N) is 9. The zero-order chi connectivity index (χ0) is 45.8. The zero-order valence-corrected chi connectivity index (χ0v) is 38.6. The molecule has 6 heterocycles. The lowest BCUT2D eigenvalue weighted by Gasteiger charge is -2.17. The van der Waals surface area contributed by atoms with Crippen LogP contribution in [0.2, 0.25) is 0 Å². The van der Waals surface area contributed by atoms with Gasteiger partial charge in [-0.1, -0.05) is 38.3 Å². The molecule has 0 atom stereocenters. The summed E-state index contributed by atoms with van der Waals surface area (Å²) >= 11 is 0. The average molecular weight is 886 g/mol. The van der Waals surface area contributed by atoms with Crippen LogP contribution < -0.4 is 21.7 Å². The largest absolute Gasteiger partial charge is 0.399 e. The van der Waals surface area contributed by atoms with E-state index in [0.29, 0.717) is 63.2 Å². The molecule has 0 aliphatic carbocycles. The molecule has 0 saturated carbocycles. The summed E-state index contributed by atoms with van der Waals surface area (Å²) in [5.41, 5.74) is 20.6. The summed E-state index contributed by atoms with van der Waals surface area (Å²) in [6.07, 6.45) is 10.6. The number of nitrogens with two attached hydrogens (primary N) is 1. The summed E-state index contributed by atoms with van der Waals surface area (Å²) in [5.74, 6) is -1.09. The molecule has 1 fully saturated rings. The number of nitrogens with one attached hydrogen (secondary N) is 3. The third kappa shape index (κ3) is 10.2. The number of rotatable bonds is 16. The smallest absolute Gasteiger partial charge is 0.261 e. The van der Waals surface area contributed by atoms with Crippen molar-refractivity contribution >= 4 is 51.1 Å². The highest BCUT2D eigenvalue weighted by molar-refractivity contribution is 5.88. The average Bonchev–Trinajstić information content (AvgIpc) is 4.09. The fourth-order valence-corrected chi connectivity index (χ4v) is 9.45. The molecule has 8 rings (SSSR count). The molecule has 15 heteroatoms. The van der Waals surface area contributed by atoms with Gasteiger partial charge < -0.3 is 30.8 Å². The number of imidazole rings is 2. The first-order valence-electron chi connectivity index (χ1n) is 23.3. The Morgan fingerprint density at radius 2 is 1.40 bits per heavy atom. The minimum atomic E-state index is -2.59. The molecule has 5 N–H and O–H groups in total. The number of halogens is 2. The van der Waals surface area contributed by atoms with E-state index in [9.17, 15) is 8.78 Å². The predicted molar refractivity (Wildman–Crippen MR) is 261 cm³/mol. The van der Waals surface area contributed by atoms with Crippen LogP contribution in [0.4, 0.5) is 20.7 Å². The number of aryl methyl sites for hydroxylation is 6. The maximum Gasteiger partial charge on any atom is 0.261 e. The molecule has 0 spiro atoms. The molecule has 2 aromatic carbocycles. The quantitative estimate of drug-likeness (QED) is 0.0555. The Labute approximate surface area is 381 Å². The zero-order valence-electron chi connectivity index (χ0n) is 38.6. The van der Waals surface area contributed by atoms with Crippen LogP contribution in [0.25, 0.3) is 39.2 Å². The van der Waals surface area contributed by atoms with Crippen LogP contribution in [0.15, 0.2) is 68.3 Å². The summed E-state index contributed by atoms with van der Waals surface area (Å²) in [4.78, 5) is 12.3. The normalized spacial score (nSPS) is 16.1. The van der Waals surface area contributed by atoms with Gasteiger partial charge in [-0.3, -0.25) is 14.3 Å². The number of likely N-dealkylation sites (tertiary alicyclic amines) is 1. The minimum absolute atomic E-state index is 0.0660. The van der Waals surface area contributed by atoms with Crippen LogP contribution >= 0.6 is 0 Å². The molecule has 2 aliphatic rings. The van der Waals surface area contributed by atoms with Crippen molar-refractivity contribution in [2.75, 3.05) is 43.4 Å². The summed E-state index contributed by atoms with van der Waals surface area (Å²) < 4.78 is 36.2. The highest BCUT2D eigenvalue weighted by atomic mass is 19.3. The van der Waals surface area contributed by atoms with Crippen molar-refractivity contribution in [2.45, 2.75) is 111 Å². The Bertz CT molecular complexity index is 2740. The van der Waals surface area contributed by atoms with Crippen molar-refractivity contribution < 1.29 is 8.78 Å². The fraction of sp³-hybridized carbons (Fsp3) is 0.440. The third-order valence-corrected chi connectivity index (χ3v) is 12.7. The number of hydrogen-bond acceptors (Lipinski definition) is 9. The van der Waals surface area contributed by atoms with Crippen LogP contribution in [-0.4, -0.2) is 82.2 Å².